The molecule has 3 nitrogen and oxygen atoms in total. The second-order valence-corrected chi connectivity index (χ2v) is 10.1. The summed E-state index contributed by atoms with van der Waals surface area (Å²) in [5.41, 5.74) is 2.25. The zero-order chi connectivity index (χ0) is 23.3. The first-order valence-electron chi connectivity index (χ1n) is 12.9. The largest absolute Gasteiger partial charge is 0.311 e. The maximum atomic E-state index is 13.6. The van der Waals surface area contributed by atoms with E-state index in [0.29, 0.717) is 24.8 Å². The van der Waals surface area contributed by atoms with Gasteiger partial charge in [-0.15, -0.1) is 0 Å². The molecule has 5 rings (SSSR count). The van der Waals surface area contributed by atoms with Gasteiger partial charge in [0.05, 0.1) is 0 Å². The maximum Gasteiger partial charge on any atom is 0.227 e. The van der Waals surface area contributed by atoms with E-state index < -0.39 is 0 Å². The van der Waals surface area contributed by atoms with Gasteiger partial charge in [-0.2, -0.15) is 0 Å². The Labute approximate surface area is 202 Å². The zero-order valence-corrected chi connectivity index (χ0v) is 20.0. The fourth-order valence-corrected chi connectivity index (χ4v) is 5.90. The van der Waals surface area contributed by atoms with Crippen molar-refractivity contribution in [3.05, 3.63) is 78.1 Å². The van der Waals surface area contributed by atoms with Gasteiger partial charge in [0.25, 0.3) is 0 Å². The SMILES string of the molecule is O=C(CC1CCCCC1)N(CCN1CCC(c2cccc3ccccc23)C1)c1ccc(F)cc1. The number of likely N-dealkylation sites (tertiary alicyclic amines) is 1. The first-order chi connectivity index (χ1) is 16.7. The highest BCUT2D eigenvalue weighted by atomic mass is 19.1. The normalized spacial score (nSPS) is 19.5. The van der Waals surface area contributed by atoms with E-state index in [4.69, 9.17) is 0 Å². The molecule has 1 saturated carbocycles. The van der Waals surface area contributed by atoms with Crippen LogP contribution in [0.25, 0.3) is 10.8 Å². The first-order valence-corrected chi connectivity index (χ1v) is 12.9. The van der Waals surface area contributed by atoms with Gasteiger partial charge in [-0.05, 0) is 78.2 Å². The van der Waals surface area contributed by atoms with Crippen LogP contribution in [0.2, 0.25) is 0 Å². The minimum absolute atomic E-state index is 0.184. The number of carbonyl (C=O) groups excluding carboxylic acids is 1. The summed E-state index contributed by atoms with van der Waals surface area (Å²) in [6.45, 7) is 3.55. The van der Waals surface area contributed by atoms with E-state index in [9.17, 15) is 9.18 Å². The number of halogens is 1. The molecule has 2 aliphatic rings. The molecule has 0 bridgehead atoms. The summed E-state index contributed by atoms with van der Waals surface area (Å²) in [4.78, 5) is 17.7. The fraction of sp³-hybridized carbons (Fsp3) is 0.433. The maximum absolute atomic E-state index is 13.6. The lowest BCUT2D eigenvalue weighted by atomic mass is 9.86. The lowest BCUT2D eigenvalue weighted by molar-refractivity contribution is -0.119. The van der Waals surface area contributed by atoms with Crippen molar-refractivity contribution in [1.82, 2.24) is 4.90 Å². The van der Waals surface area contributed by atoms with Crippen LogP contribution in [0, 0.1) is 11.7 Å². The second-order valence-electron chi connectivity index (χ2n) is 10.1. The highest BCUT2D eigenvalue weighted by molar-refractivity contribution is 5.93. The lowest BCUT2D eigenvalue weighted by Crippen LogP contribution is -2.39. The number of fused-ring (bicyclic) bond motifs is 1. The fourth-order valence-electron chi connectivity index (χ4n) is 5.90. The number of nitrogens with zero attached hydrogens (tertiary/aromatic N) is 2. The highest BCUT2D eigenvalue weighted by Crippen LogP contribution is 2.33. The number of hydrogen-bond acceptors (Lipinski definition) is 2. The minimum Gasteiger partial charge on any atom is -0.311 e. The monoisotopic (exact) mass is 458 g/mol. The summed E-state index contributed by atoms with van der Waals surface area (Å²) in [5.74, 6) is 0.930. The van der Waals surface area contributed by atoms with Crippen molar-refractivity contribution in [1.29, 1.82) is 0 Å². The smallest absolute Gasteiger partial charge is 0.227 e. The molecule has 2 fully saturated rings. The Balaban J connectivity index is 1.25. The Morgan fingerprint density at radius 3 is 2.50 bits per heavy atom. The number of amides is 1. The van der Waals surface area contributed by atoms with Gasteiger partial charge in [0, 0.05) is 31.7 Å². The van der Waals surface area contributed by atoms with E-state index in [-0.39, 0.29) is 11.7 Å². The molecule has 0 N–H and O–H groups in total. The average Bonchev–Trinajstić information content (AvgIpc) is 3.34. The van der Waals surface area contributed by atoms with Crippen molar-refractivity contribution in [2.24, 2.45) is 5.92 Å². The lowest BCUT2D eigenvalue weighted by Gasteiger charge is -2.29. The quantitative estimate of drug-likeness (QED) is 0.390. The molecule has 1 atom stereocenters. The highest BCUT2D eigenvalue weighted by Gasteiger charge is 2.27. The Morgan fingerprint density at radius 1 is 0.912 bits per heavy atom. The molecule has 0 radical (unpaired) electrons. The van der Waals surface area contributed by atoms with Gasteiger partial charge in [0.1, 0.15) is 5.82 Å². The van der Waals surface area contributed by atoms with Crippen molar-refractivity contribution in [3.63, 3.8) is 0 Å². The summed E-state index contributed by atoms with van der Waals surface area (Å²) in [7, 11) is 0. The molecule has 34 heavy (non-hydrogen) atoms. The molecular formula is C30H35FN2O. The van der Waals surface area contributed by atoms with Crippen LogP contribution in [-0.2, 0) is 4.79 Å². The number of anilines is 1. The van der Waals surface area contributed by atoms with Crippen LogP contribution in [0.3, 0.4) is 0 Å². The molecular weight excluding hydrogens is 423 g/mol. The molecule has 1 unspecified atom stereocenters. The number of rotatable bonds is 7. The first kappa shape index (κ1) is 23.0. The van der Waals surface area contributed by atoms with Crippen LogP contribution >= 0.6 is 0 Å². The van der Waals surface area contributed by atoms with Gasteiger partial charge in [0.2, 0.25) is 5.91 Å². The molecule has 3 aromatic rings. The van der Waals surface area contributed by atoms with Crippen LogP contribution in [0.5, 0.6) is 0 Å². The minimum atomic E-state index is -0.263. The van der Waals surface area contributed by atoms with Crippen LogP contribution in [-0.4, -0.2) is 37.0 Å². The standard InChI is InChI=1S/C30H35FN2O/c31-26-13-15-27(16-14-26)33(30(34)21-23-7-2-1-3-8-23)20-19-32-18-17-25(22-32)29-12-6-10-24-9-4-5-11-28(24)29/h4-6,9-16,23,25H,1-3,7-8,17-22H2. The van der Waals surface area contributed by atoms with Crippen molar-refractivity contribution in [3.8, 4) is 0 Å². The van der Waals surface area contributed by atoms with E-state index in [0.717, 1.165) is 44.6 Å². The van der Waals surface area contributed by atoms with Gasteiger partial charge < -0.3 is 9.80 Å². The Kier molecular flexibility index (Phi) is 7.24. The average molecular weight is 459 g/mol. The molecule has 1 amide bonds. The summed E-state index contributed by atoms with van der Waals surface area (Å²) in [6, 6.07) is 21.7. The Morgan fingerprint density at radius 2 is 1.68 bits per heavy atom. The van der Waals surface area contributed by atoms with Crippen LogP contribution in [0.4, 0.5) is 10.1 Å². The molecule has 1 heterocycles. The van der Waals surface area contributed by atoms with Gasteiger partial charge in [-0.1, -0.05) is 61.7 Å². The second kappa shape index (κ2) is 10.7. The van der Waals surface area contributed by atoms with Crippen molar-refractivity contribution in [2.45, 2.75) is 50.9 Å². The number of carbonyl (C=O) groups is 1. The third-order valence-electron chi connectivity index (χ3n) is 7.80. The zero-order valence-electron chi connectivity index (χ0n) is 20.0. The number of hydrogen-bond donors (Lipinski definition) is 0. The summed E-state index contributed by atoms with van der Waals surface area (Å²) >= 11 is 0. The number of benzene rings is 3. The summed E-state index contributed by atoms with van der Waals surface area (Å²) in [5, 5.41) is 2.65. The van der Waals surface area contributed by atoms with E-state index in [1.54, 1.807) is 12.1 Å². The van der Waals surface area contributed by atoms with Gasteiger partial charge in [0.15, 0.2) is 0 Å². The summed E-state index contributed by atoms with van der Waals surface area (Å²) < 4.78 is 13.6. The molecule has 1 saturated heterocycles. The molecule has 4 heteroatoms. The van der Waals surface area contributed by atoms with Gasteiger partial charge >= 0.3 is 0 Å². The van der Waals surface area contributed by atoms with Crippen LogP contribution < -0.4 is 4.90 Å². The Hall–Kier alpha value is -2.72. The predicted molar refractivity (Wildman–Crippen MR) is 138 cm³/mol. The Bertz CT molecular complexity index is 1100. The third-order valence-corrected chi connectivity index (χ3v) is 7.80. The molecule has 1 aliphatic carbocycles. The van der Waals surface area contributed by atoms with Crippen molar-refractivity contribution >= 4 is 22.4 Å². The molecule has 3 aromatic carbocycles. The molecule has 0 spiro atoms. The van der Waals surface area contributed by atoms with E-state index >= 15 is 0 Å². The summed E-state index contributed by atoms with van der Waals surface area (Å²) in [6.07, 6.45) is 7.81. The van der Waals surface area contributed by atoms with Gasteiger partial charge in [-0.25, -0.2) is 4.39 Å². The van der Waals surface area contributed by atoms with E-state index in [2.05, 4.69) is 47.4 Å². The molecule has 1 aliphatic heterocycles. The van der Waals surface area contributed by atoms with Crippen LogP contribution in [0.1, 0.15) is 56.4 Å². The van der Waals surface area contributed by atoms with Crippen LogP contribution in [0.15, 0.2) is 66.7 Å². The topological polar surface area (TPSA) is 23.6 Å². The molecule has 178 valence electrons. The third kappa shape index (κ3) is 5.33. The predicted octanol–water partition coefficient (Wildman–Crippen LogP) is 6.77. The van der Waals surface area contributed by atoms with E-state index in [1.807, 2.05) is 4.90 Å². The van der Waals surface area contributed by atoms with Gasteiger partial charge in [-0.3, -0.25) is 4.79 Å². The van der Waals surface area contributed by atoms with Crippen molar-refractivity contribution < 1.29 is 9.18 Å². The molecule has 0 aromatic heterocycles. The van der Waals surface area contributed by atoms with Crippen molar-refractivity contribution in [2.75, 3.05) is 31.1 Å². The van der Waals surface area contributed by atoms with E-state index in [1.165, 1.54) is 47.7 Å².